The molecule has 1 heterocycles. The van der Waals surface area contributed by atoms with Crippen LogP contribution in [0.2, 0.25) is 0 Å². The lowest BCUT2D eigenvalue weighted by atomic mass is 10.2. The molecule has 0 saturated heterocycles. The van der Waals surface area contributed by atoms with Crippen LogP contribution >= 0.6 is 11.3 Å². The number of rotatable bonds is 6. The first-order valence-corrected chi connectivity index (χ1v) is 6.68. The van der Waals surface area contributed by atoms with Crippen molar-refractivity contribution in [2.75, 3.05) is 14.2 Å². The number of methoxy groups -OCH3 is 1. The van der Waals surface area contributed by atoms with Crippen molar-refractivity contribution in [2.45, 2.75) is 13.2 Å². The molecule has 96 valence electrons. The molecule has 1 aromatic heterocycles. The standard InChI is InChI=1S/C14H17NO2S/c1-15-9-11-8-12(16-2)5-6-14(11)17-10-13-4-3-7-18-13/h3-8,15H,9-10H2,1-2H3. The van der Waals surface area contributed by atoms with E-state index in [-0.39, 0.29) is 0 Å². The minimum atomic E-state index is 0.612. The number of hydrogen-bond acceptors (Lipinski definition) is 4. The van der Waals surface area contributed by atoms with Gasteiger partial charge in [0.15, 0.2) is 0 Å². The normalized spacial score (nSPS) is 10.3. The van der Waals surface area contributed by atoms with E-state index in [0.29, 0.717) is 6.61 Å². The van der Waals surface area contributed by atoms with Crippen LogP contribution in [0.3, 0.4) is 0 Å². The predicted octanol–water partition coefficient (Wildman–Crippen LogP) is 3.06. The van der Waals surface area contributed by atoms with Gasteiger partial charge in [0.2, 0.25) is 0 Å². The van der Waals surface area contributed by atoms with E-state index in [4.69, 9.17) is 9.47 Å². The third kappa shape index (κ3) is 3.24. The molecule has 0 spiro atoms. The summed E-state index contributed by atoms with van der Waals surface area (Å²) in [6.07, 6.45) is 0. The Hall–Kier alpha value is -1.52. The van der Waals surface area contributed by atoms with Gasteiger partial charge in [-0.15, -0.1) is 11.3 Å². The first-order chi connectivity index (χ1) is 8.83. The van der Waals surface area contributed by atoms with E-state index in [2.05, 4.69) is 16.8 Å². The molecule has 0 unspecified atom stereocenters. The number of thiophene rings is 1. The fraction of sp³-hybridized carbons (Fsp3) is 0.286. The first kappa shape index (κ1) is 12.9. The molecule has 0 aliphatic rings. The monoisotopic (exact) mass is 263 g/mol. The van der Waals surface area contributed by atoms with E-state index >= 15 is 0 Å². The zero-order valence-corrected chi connectivity index (χ0v) is 11.4. The van der Waals surface area contributed by atoms with E-state index in [1.807, 2.05) is 31.3 Å². The molecule has 0 saturated carbocycles. The van der Waals surface area contributed by atoms with E-state index in [0.717, 1.165) is 23.6 Å². The summed E-state index contributed by atoms with van der Waals surface area (Å²) in [7, 11) is 3.59. The molecular formula is C14H17NO2S. The van der Waals surface area contributed by atoms with E-state index in [1.165, 1.54) is 4.88 Å². The maximum atomic E-state index is 5.85. The molecule has 0 bridgehead atoms. The van der Waals surface area contributed by atoms with Crippen molar-refractivity contribution in [3.63, 3.8) is 0 Å². The molecule has 1 aromatic carbocycles. The van der Waals surface area contributed by atoms with Gasteiger partial charge in [0.05, 0.1) is 7.11 Å². The highest BCUT2D eigenvalue weighted by Gasteiger charge is 2.05. The minimum absolute atomic E-state index is 0.612. The quantitative estimate of drug-likeness (QED) is 0.869. The van der Waals surface area contributed by atoms with E-state index in [1.54, 1.807) is 18.4 Å². The van der Waals surface area contributed by atoms with Gasteiger partial charge in [0.1, 0.15) is 18.1 Å². The van der Waals surface area contributed by atoms with Gasteiger partial charge in [-0.1, -0.05) is 6.07 Å². The van der Waals surface area contributed by atoms with Crippen molar-refractivity contribution in [3.8, 4) is 11.5 Å². The van der Waals surface area contributed by atoms with Crippen molar-refractivity contribution >= 4 is 11.3 Å². The number of ether oxygens (including phenoxy) is 2. The van der Waals surface area contributed by atoms with Crippen molar-refractivity contribution in [3.05, 3.63) is 46.2 Å². The van der Waals surface area contributed by atoms with Crippen LogP contribution < -0.4 is 14.8 Å². The average molecular weight is 263 g/mol. The molecular weight excluding hydrogens is 246 g/mol. The molecule has 0 radical (unpaired) electrons. The average Bonchev–Trinajstić information content (AvgIpc) is 2.90. The SMILES string of the molecule is CNCc1cc(OC)ccc1OCc1cccs1. The summed E-state index contributed by atoms with van der Waals surface area (Å²) in [4.78, 5) is 1.22. The van der Waals surface area contributed by atoms with Crippen LogP contribution in [0.5, 0.6) is 11.5 Å². The van der Waals surface area contributed by atoms with Crippen LogP contribution in [0, 0.1) is 0 Å². The number of nitrogens with one attached hydrogen (secondary N) is 1. The van der Waals surface area contributed by atoms with Gasteiger partial charge in [0, 0.05) is 17.0 Å². The van der Waals surface area contributed by atoms with Gasteiger partial charge in [-0.2, -0.15) is 0 Å². The number of hydrogen-bond donors (Lipinski definition) is 1. The van der Waals surface area contributed by atoms with E-state index in [9.17, 15) is 0 Å². The van der Waals surface area contributed by atoms with Crippen LogP contribution in [0.25, 0.3) is 0 Å². The molecule has 2 rings (SSSR count). The summed E-state index contributed by atoms with van der Waals surface area (Å²) in [5, 5.41) is 5.19. The second-order valence-corrected chi connectivity index (χ2v) is 4.90. The van der Waals surface area contributed by atoms with Crippen LogP contribution in [0.15, 0.2) is 35.7 Å². The van der Waals surface area contributed by atoms with Crippen LogP contribution in [0.4, 0.5) is 0 Å². The molecule has 4 heteroatoms. The molecule has 0 aliphatic heterocycles. The molecule has 0 aliphatic carbocycles. The Kier molecular flexibility index (Phi) is 4.61. The fourth-order valence-corrected chi connectivity index (χ4v) is 2.31. The van der Waals surface area contributed by atoms with Crippen LogP contribution in [-0.4, -0.2) is 14.2 Å². The topological polar surface area (TPSA) is 30.5 Å². The molecule has 0 atom stereocenters. The Balaban J connectivity index is 2.10. The van der Waals surface area contributed by atoms with Crippen molar-refractivity contribution in [2.24, 2.45) is 0 Å². The third-order valence-electron chi connectivity index (χ3n) is 2.58. The fourth-order valence-electron chi connectivity index (χ4n) is 1.70. The number of benzene rings is 1. The summed E-state index contributed by atoms with van der Waals surface area (Å²) < 4.78 is 11.1. The highest BCUT2D eigenvalue weighted by atomic mass is 32.1. The van der Waals surface area contributed by atoms with Gasteiger partial charge in [-0.25, -0.2) is 0 Å². The summed E-state index contributed by atoms with van der Waals surface area (Å²) in [5.41, 5.74) is 1.11. The summed E-state index contributed by atoms with van der Waals surface area (Å²) in [5.74, 6) is 1.75. The van der Waals surface area contributed by atoms with Gasteiger partial charge in [-0.3, -0.25) is 0 Å². The van der Waals surface area contributed by atoms with Crippen LogP contribution in [0.1, 0.15) is 10.4 Å². The highest BCUT2D eigenvalue weighted by Crippen LogP contribution is 2.25. The summed E-state index contributed by atoms with van der Waals surface area (Å²) in [6.45, 7) is 1.37. The lowest BCUT2D eigenvalue weighted by molar-refractivity contribution is 0.305. The smallest absolute Gasteiger partial charge is 0.124 e. The first-order valence-electron chi connectivity index (χ1n) is 5.80. The van der Waals surface area contributed by atoms with E-state index < -0.39 is 0 Å². The Bertz CT molecular complexity index is 483. The molecule has 0 fully saturated rings. The highest BCUT2D eigenvalue weighted by molar-refractivity contribution is 7.09. The summed E-state index contributed by atoms with van der Waals surface area (Å²) >= 11 is 1.70. The lowest BCUT2D eigenvalue weighted by Gasteiger charge is -2.12. The zero-order chi connectivity index (χ0) is 12.8. The third-order valence-corrected chi connectivity index (χ3v) is 3.43. The van der Waals surface area contributed by atoms with Gasteiger partial charge < -0.3 is 14.8 Å². The van der Waals surface area contributed by atoms with Gasteiger partial charge in [-0.05, 0) is 36.7 Å². The Labute approximate surface area is 111 Å². The Morgan fingerprint density at radius 2 is 2.17 bits per heavy atom. The minimum Gasteiger partial charge on any atom is -0.497 e. The van der Waals surface area contributed by atoms with Crippen molar-refractivity contribution in [1.29, 1.82) is 0 Å². The van der Waals surface area contributed by atoms with Crippen molar-refractivity contribution in [1.82, 2.24) is 5.32 Å². The molecule has 18 heavy (non-hydrogen) atoms. The van der Waals surface area contributed by atoms with Gasteiger partial charge in [0.25, 0.3) is 0 Å². The second kappa shape index (κ2) is 6.42. The maximum Gasteiger partial charge on any atom is 0.124 e. The maximum absolute atomic E-state index is 5.85. The largest absolute Gasteiger partial charge is 0.497 e. The molecule has 2 aromatic rings. The van der Waals surface area contributed by atoms with Crippen LogP contribution in [-0.2, 0) is 13.2 Å². The zero-order valence-electron chi connectivity index (χ0n) is 10.6. The predicted molar refractivity (Wildman–Crippen MR) is 74.4 cm³/mol. The molecule has 3 nitrogen and oxygen atoms in total. The van der Waals surface area contributed by atoms with Gasteiger partial charge >= 0.3 is 0 Å². The second-order valence-electron chi connectivity index (χ2n) is 3.87. The molecule has 1 N–H and O–H groups in total. The Morgan fingerprint density at radius 3 is 2.83 bits per heavy atom. The summed E-state index contributed by atoms with van der Waals surface area (Å²) in [6, 6.07) is 9.99. The molecule has 0 amide bonds. The lowest BCUT2D eigenvalue weighted by Crippen LogP contribution is -2.07. The van der Waals surface area contributed by atoms with Crippen molar-refractivity contribution < 1.29 is 9.47 Å². The Morgan fingerprint density at radius 1 is 1.28 bits per heavy atom.